The molecule has 1 N–H and O–H groups in total. The molecule has 0 heterocycles. The van der Waals surface area contributed by atoms with Crippen LogP contribution in [0.3, 0.4) is 0 Å². The summed E-state index contributed by atoms with van der Waals surface area (Å²) in [6.07, 6.45) is 0.579. The Morgan fingerprint density at radius 2 is 1.86 bits per heavy atom. The number of methoxy groups -OCH3 is 1. The molecule has 0 spiro atoms. The predicted octanol–water partition coefficient (Wildman–Crippen LogP) is 4.37. The van der Waals surface area contributed by atoms with Gasteiger partial charge in [-0.15, -0.1) is 0 Å². The van der Waals surface area contributed by atoms with E-state index in [9.17, 15) is 22.8 Å². The lowest BCUT2D eigenvalue weighted by Crippen LogP contribution is -2.38. The lowest BCUT2D eigenvalue weighted by Gasteiger charge is -2.22. The number of carbonyl (C=O) groups is 2. The van der Waals surface area contributed by atoms with Crippen LogP contribution in [0, 0.1) is 17.5 Å². The third kappa shape index (κ3) is 5.03. The van der Waals surface area contributed by atoms with E-state index in [2.05, 4.69) is 21.2 Å². The van der Waals surface area contributed by atoms with Gasteiger partial charge in [0.2, 0.25) is 5.91 Å². The minimum absolute atomic E-state index is 0.274. The molecule has 0 radical (unpaired) electrons. The summed E-state index contributed by atoms with van der Waals surface area (Å²) in [6.45, 7) is 1.72. The van der Waals surface area contributed by atoms with E-state index in [0.29, 0.717) is 28.3 Å². The molecule has 0 aliphatic heterocycles. The normalized spacial score (nSPS) is 10.5. The lowest BCUT2D eigenvalue weighted by molar-refractivity contribution is -0.116. The van der Waals surface area contributed by atoms with Gasteiger partial charge in [0, 0.05) is 12.1 Å². The van der Waals surface area contributed by atoms with Crippen LogP contribution in [0.25, 0.3) is 0 Å². The number of anilines is 1. The molecule has 150 valence electrons. The monoisotopic (exact) mass is 458 g/mol. The Hall–Kier alpha value is -2.55. The highest BCUT2D eigenvalue weighted by atomic mass is 79.9. The summed E-state index contributed by atoms with van der Waals surface area (Å²) in [4.78, 5) is 26.3. The van der Waals surface area contributed by atoms with Crippen LogP contribution in [0.5, 0.6) is 5.75 Å². The number of nitrogens with zero attached hydrogens (tertiary/aromatic N) is 1. The van der Waals surface area contributed by atoms with Crippen LogP contribution in [-0.2, 0) is 4.79 Å². The van der Waals surface area contributed by atoms with Gasteiger partial charge in [-0.05, 0) is 52.7 Å². The number of amides is 2. The first-order valence-corrected chi connectivity index (χ1v) is 9.13. The molecule has 2 aromatic carbocycles. The van der Waals surface area contributed by atoms with E-state index in [1.807, 2.05) is 6.92 Å². The molecule has 0 unspecified atom stereocenters. The third-order valence-corrected chi connectivity index (χ3v) is 4.44. The molecular formula is C19H18BrF3N2O3. The zero-order valence-electron chi connectivity index (χ0n) is 15.2. The van der Waals surface area contributed by atoms with Gasteiger partial charge in [0.05, 0.1) is 17.3 Å². The standard InChI is InChI=1S/C19H18BrF3N2O3/c1-3-8-25(19(27)11-4-7-15(28-2)12(20)9-11)10-16(26)24-14-6-5-13(21)17(22)18(14)23/h4-7,9H,3,8,10H2,1-2H3,(H,24,26). The van der Waals surface area contributed by atoms with E-state index in [1.165, 1.54) is 12.0 Å². The van der Waals surface area contributed by atoms with Crippen LogP contribution in [-0.4, -0.2) is 36.9 Å². The van der Waals surface area contributed by atoms with Crippen LogP contribution in [0.15, 0.2) is 34.8 Å². The Morgan fingerprint density at radius 1 is 1.14 bits per heavy atom. The number of ether oxygens (including phenoxy) is 1. The second-order valence-corrected chi connectivity index (χ2v) is 6.70. The van der Waals surface area contributed by atoms with Crippen molar-refractivity contribution < 1.29 is 27.5 Å². The van der Waals surface area contributed by atoms with Crippen LogP contribution < -0.4 is 10.1 Å². The van der Waals surface area contributed by atoms with E-state index in [-0.39, 0.29) is 13.1 Å². The molecule has 2 aromatic rings. The van der Waals surface area contributed by atoms with E-state index in [1.54, 1.807) is 18.2 Å². The smallest absolute Gasteiger partial charge is 0.254 e. The summed E-state index contributed by atoms with van der Waals surface area (Å²) in [5.74, 6) is -5.14. The van der Waals surface area contributed by atoms with Gasteiger partial charge in [-0.25, -0.2) is 13.2 Å². The number of benzene rings is 2. The maximum absolute atomic E-state index is 13.7. The molecule has 0 atom stereocenters. The van der Waals surface area contributed by atoms with E-state index in [4.69, 9.17) is 4.74 Å². The Morgan fingerprint density at radius 3 is 2.46 bits per heavy atom. The maximum Gasteiger partial charge on any atom is 0.254 e. The van der Waals surface area contributed by atoms with Crippen molar-refractivity contribution in [3.05, 3.63) is 57.8 Å². The fourth-order valence-electron chi connectivity index (χ4n) is 2.49. The van der Waals surface area contributed by atoms with Crippen molar-refractivity contribution in [2.75, 3.05) is 25.5 Å². The molecular weight excluding hydrogens is 441 g/mol. The summed E-state index contributed by atoms with van der Waals surface area (Å²) < 4.78 is 45.7. The van der Waals surface area contributed by atoms with E-state index >= 15 is 0 Å². The van der Waals surface area contributed by atoms with Crippen molar-refractivity contribution in [1.82, 2.24) is 4.90 Å². The maximum atomic E-state index is 13.7. The first-order chi connectivity index (χ1) is 13.3. The van der Waals surface area contributed by atoms with Gasteiger partial charge in [0.1, 0.15) is 12.3 Å². The number of nitrogens with one attached hydrogen (secondary N) is 1. The molecule has 0 aliphatic carbocycles. The number of rotatable bonds is 7. The van der Waals surface area contributed by atoms with Gasteiger partial charge in [0.15, 0.2) is 17.5 Å². The Labute approximate surface area is 168 Å². The van der Waals surface area contributed by atoms with Crippen LogP contribution in [0.4, 0.5) is 18.9 Å². The highest BCUT2D eigenvalue weighted by Crippen LogP contribution is 2.26. The fraction of sp³-hybridized carbons (Fsp3) is 0.263. The van der Waals surface area contributed by atoms with Crippen molar-refractivity contribution in [2.24, 2.45) is 0 Å². The van der Waals surface area contributed by atoms with E-state index in [0.717, 1.165) is 6.07 Å². The first kappa shape index (κ1) is 21.7. The van der Waals surface area contributed by atoms with Gasteiger partial charge >= 0.3 is 0 Å². The minimum Gasteiger partial charge on any atom is -0.496 e. The zero-order valence-corrected chi connectivity index (χ0v) is 16.8. The Bertz CT molecular complexity index is 893. The molecule has 0 saturated heterocycles. The van der Waals surface area contributed by atoms with Crippen LogP contribution >= 0.6 is 15.9 Å². The largest absolute Gasteiger partial charge is 0.496 e. The molecule has 2 amide bonds. The molecule has 0 aliphatic rings. The van der Waals surface area contributed by atoms with Crippen molar-refractivity contribution in [3.63, 3.8) is 0 Å². The minimum atomic E-state index is -1.68. The molecule has 9 heteroatoms. The molecule has 28 heavy (non-hydrogen) atoms. The van der Waals surface area contributed by atoms with Gasteiger partial charge < -0.3 is 15.0 Å². The van der Waals surface area contributed by atoms with Crippen molar-refractivity contribution in [3.8, 4) is 5.75 Å². The zero-order chi connectivity index (χ0) is 20.8. The summed E-state index contributed by atoms with van der Waals surface area (Å²) in [5, 5.41) is 2.16. The summed E-state index contributed by atoms with van der Waals surface area (Å²) in [6, 6.07) is 6.35. The summed E-state index contributed by atoms with van der Waals surface area (Å²) in [5.41, 5.74) is -0.173. The molecule has 0 saturated carbocycles. The van der Waals surface area contributed by atoms with Gasteiger partial charge in [-0.1, -0.05) is 6.92 Å². The quantitative estimate of drug-likeness (QED) is 0.626. The van der Waals surface area contributed by atoms with Gasteiger partial charge in [-0.3, -0.25) is 9.59 Å². The SMILES string of the molecule is CCCN(CC(=O)Nc1ccc(F)c(F)c1F)C(=O)c1ccc(OC)c(Br)c1. The van der Waals surface area contributed by atoms with Crippen LogP contribution in [0.2, 0.25) is 0 Å². The first-order valence-electron chi connectivity index (χ1n) is 8.34. The van der Waals surface area contributed by atoms with Crippen molar-refractivity contribution >= 4 is 33.4 Å². The Kier molecular flexibility index (Phi) is 7.45. The van der Waals surface area contributed by atoms with Crippen LogP contribution in [0.1, 0.15) is 23.7 Å². The molecule has 5 nitrogen and oxygen atoms in total. The number of carbonyl (C=O) groups excluding carboxylic acids is 2. The average Bonchev–Trinajstić information content (AvgIpc) is 2.67. The predicted molar refractivity (Wildman–Crippen MR) is 102 cm³/mol. The van der Waals surface area contributed by atoms with Gasteiger partial charge in [0.25, 0.3) is 5.91 Å². The topological polar surface area (TPSA) is 58.6 Å². The summed E-state index contributed by atoms with van der Waals surface area (Å²) >= 11 is 3.30. The van der Waals surface area contributed by atoms with Crippen molar-refractivity contribution in [1.29, 1.82) is 0 Å². The molecule has 0 aromatic heterocycles. The number of hydrogen-bond acceptors (Lipinski definition) is 3. The van der Waals surface area contributed by atoms with Crippen molar-refractivity contribution in [2.45, 2.75) is 13.3 Å². The molecule has 0 fully saturated rings. The highest BCUT2D eigenvalue weighted by molar-refractivity contribution is 9.10. The molecule has 2 rings (SSSR count). The average molecular weight is 459 g/mol. The second-order valence-electron chi connectivity index (χ2n) is 5.85. The Balaban J connectivity index is 2.15. The lowest BCUT2D eigenvalue weighted by atomic mass is 10.2. The number of halogens is 4. The third-order valence-electron chi connectivity index (χ3n) is 3.82. The number of hydrogen-bond donors (Lipinski definition) is 1. The second kappa shape index (κ2) is 9.59. The fourth-order valence-corrected chi connectivity index (χ4v) is 3.03. The molecule has 0 bridgehead atoms. The highest BCUT2D eigenvalue weighted by Gasteiger charge is 2.21. The summed E-state index contributed by atoms with van der Waals surface area (Å²) in [7, 11) is 1.49. The van der Waals surface area contributed by atoms with Gasteiger partial charge in [-0.2, -0.15) is 0 Å². The van der Waals surface area contributed by atoms with E-state index < -0.39 is 35.0 Å².